The fourth-order valence-corrected chi connectivity index (χ4v) is 2.97. The molecule has 2 fully saturated rings. The van der Waals surface area contributed by atoms with Crippen molar-refractivity contribution in [2.24, 2.45) is 0 Å². The number of rotatable bonds is 1. The first-order valence-electron chi connectivity index (χ1n) is 5.31. The van der Waals surface area contributed by atoms with Gasteiger partial charge < -0.3 is 10.4 Å². The molecule has 2 bridgehead atoms. The van der Waals surface area contributed by atoms with Crippen LogP contribution in [0.4, 0.5) is 0 Å². The summed E-state index contributed by atoms with van der Waals surface area (Å²) in [5.41, 5.74) is 1.09. The summed E-state index contributed by atoms with van der Waals surface area (Å²) in [5.74, 6) is 0.188. The first-order chi connectivity index (χ1) is 7.25. The fourth-order valence-electron chi connectivity index (χ4n) is 2.86. The van der Waals surface area contributed by atoms with E-state index in [4.69, 9.17) is 11.6 Å². The molecule has 0 radical (unpaired) electrons. The van der Waals surface area contributed by atoms with E-state index < -0.39 is 0 Å². The van der Waals surface area contributed by atoms with Gasteiger partial charge in [-0.25, -0.2) is 4.98 Å². The third kappa shape index (κ3) is 1.46. The zero-order valence-corrected chi connectivity index (χ0v) is 8.98. The number of hydrogen-bond acceptors (Lipinski definition) is 3. The molecule has 1 aromatic rings. The van der Waals surface area contributed by atoms with Gasteiger partial charge in [0.2, 0.25) is 0 Å². The number of halogens is 1. The lowest BCUT2D eigenvalue weighted by atomic mass is 9.82. The first-order valence-corrected chi connectivity index (χ1v) is 5.69. The Kier molecular flexibility index (Phi) is 2.20. The molecule has 0 aromatic carbocycles. The van der Waals surface area contributed by atoms with Crippen molar-refractivity contribution in [3.05, 3.63) is 29.0 Å². The summed E-state index contributed by atoms with van der Waals surface area (Å²) in [6.45, 7) is 0. The molecule has 0 amide bonds. The highest BCUT2D eigenvalue weighted by molar-refractivity contribution is 6.29. The molecule has 15 heavy (non-hydrogen) atoms. The summed E-state index contributed by atoms with van der Waals surface area (Å²) >= 11 is 5.74. The van der Waals surface area contributed by atoms with Crippen molar-refractivity contribution in [1.82, 2.24) is 10.3 Å². The van der Waals surface area contributed by atoms with Gasteiger partial charge in [-0.05, 0) is 24.5 Å². The van der Waals surface area contributed by atoms with Crippen LogP contribution in [0.1, 0.15) is 24.3 Å². The molecule has 4 atom stereocenters. The summed E-state index contributed by atoms with van der Waals surface area (Å²) in [7, 11) is 0. The molecule has 2 aliphatic rings. The fraction of sp³-hybridized carbons (Fsp3) is 0.545. The summed E-state index contributed by atoms with van der Waals surface area (Å²) < 4.78 is 0. The number of aromatic nitrogens is 1. The van der Waals surface area contributed by atoms with Crippen molar-refractivity contribution in [3.63, 3.8) is 0 Å². The number of pyridine rings is 1. The minimum atomic E-state index is -0.272. The minimum absolute atomic E-state index is 0.188. The molecule has 3 heterocycles. The van der Waals surface area contributed by atoms with Crippen molar-refractivity contribution in [2.75, 3.05) is 0 Å². The van der Waals surface area contributed by atoms with Crippen LogP contribution in [0.3, 0.4) is 0 Å². The molecule has 1 aromatic heterocycles. The monoisotopic (exact) mass is 224 g/mol. The van der Waals surface area contributed by atoms with E-state index in [1.54, 1.807) is 12.3 Å². The molecular weight excluding hydrogens is 212 g/mol. The molecule has 0 saturated carbocycles. The van der Waals surface area contributed by atoms with Gasteiger partial charge in [-0.2, -0.15) is 0 Å². The van der Waals surface area contributed by atoms with Gasteiger partial charge in [-0.3, -0.25) is 0 Å². The van der Waals surface area contributed by atoms with E-state index in [-0.39, 0.29) is 18.1 Å². The van der Waals surface area contributed by atoms with Crippen molar-refractivity contribution < 1.29 is 5.11 Å². The molecule has 2 N–H and O–H groups in total. The third-order valence-corrected chi connectivity index (χ3v) is 3.79. The molecule has 0 unspecified atom stereocenters. The predicted octanol–water partition coefficient (Wildman–Crippen LogP) is 1.31. The molecule has 80 valence electrons. The number of nitrogens with zero attached hydrogens (tertiary/aromatic N) is 1. The summed E-state index contributed by atoms with van der Waals surface area (Å²) in [6, 6.07) is 4.44. The second-order valence-corrected chi connectivity index (χ2v) is 4.77. The van der Waals surface area contributed by atoms with E-state index in [2.05, 4.69) is 10.3 Å². The zero-order chi connectivity index (χ0) is 10.4. The second-order valence-electron chi connectivity index (χ2n) is 4.39. The van der Waals surface area contributed by atoms with Gasteiger partial charge in [0, 0.05) is 24.2 Å². The molecule has 4 heteroatoms. The Labute approximate surface area is 93.5 Å². The maximum absolute atomic E-state index is 10.1. The molecule has 2 aliphatic heterocycles. The lowest BCUT2D eigenvalue weighted by molar-refractivity contribution is 0.125. The number of fused-ring (bicyclic) bond motifs is 2. The minimum Gasteiger partial charge on any atom is -0.391 e. The molecule has 2 saturated heterocycles. The normalized spacial score (nSPS) is 38.5. The average Bonchev–Trinajstić information content (AvgIpc) is 2.80. The third-order valence-electron chi connectivity index (χ3n) is 3.57. The van der Waals surface area contributed by atoms with E-state index in [1.807, 2.05) is 6.07 Å². The molecular formula is C11H13ClN2O. The first kappa shape index (κ1) is 9.58. The Bertz CT molecular complexity index is 365. The van der Waals surface area contributed by atoms with Crippen LogP contribution in [-0.2, 0) is 0 Å². The van der Waals surface area contributed by atoms with Crippen LogP contribution in [0.2, 0.25) is 5.15 Å². The Balaban J connectivity index is 1.91. The highest BCUT2D eigenvalue weighted by Gasteiger charge is 2.47. The van der Waals surface area contributed by atoms with Crippen molar-refractivity contribution >= 4 is 11.6 Å². The van der Waals surface area contributed by atoms with Crippen LogP contribution >= 0.6 is 11.6 Å². The van der Waals surface area contributed by atoms with Crippen LogP contribution in [-0.4, -0.2) is 28.3 Å². The summed E-state index contributed by atoms with van der Waals surface area (Å²) in [5, 5.41) is 14.0. The summed E-state index contributed by atoms with van der Waals surface area (Å²) in [6.07, 6.45) is 3.74. The Morgan fingerprint density at radius 2 is 2.13 bits per heavy atom. The van der Waals surface area contributed by atoms with Gasteiger partial charge >= 0.3 is 0 Å². The van der Waals surface area contributed by atoms with Crippen molar-refractivity contribution in [2.45, 2.75) is 36.9 Å². The highest BCUT2D eigenvalue weighted by atomic mass is 35.5. The molecule has 0 aliphatic carbocycles. The van der Waals surface area contributed by atoms with E-state index in [0.29, 0.717) is 11.2 Å². The topological polar surface area (TPSA) is 45.2 Å². The van der Waals surface area contributed by atoms with Gasteiger partial charge in [0.1, 0.15) is 5.15 Å². The second kappa shape index (κ2) is 3.44. The highest BCUT2D eigenvalue weighted by Crippen LogP contribution is 2.40. The number of aliphatic hydroxyl groups excluding tert-OH is 1. The van der Waals surface area contributed by atoms with Gasteiger partial charge in [-0.1, -0.05) is 17.7 Å². The lowest BCUT2D eigenvalue weighted by Gasteiger charge is -2.25. The molecule has 3 nitrogen and oxygen atoms in total. The number of aliphatic hydroxyl groups is 1. The summed E-state index contributed by atoms with van der Waals surface area (Å²) in [4.78, 5) is 4.07. The van der Waals surface area contributed by atoms with Crippen molar-refractivity contribution in [3.8, 4) is 0 Å². The average molecular weight is 225 g/mol. The Hall–Kier alpha value is -0.640. The van der Waals surface area contributed by atoms with E-state index in [9.17, 15) is 5.11 Å². The van der Waals surface area contributed by atoms with Crippen LogP contribution in [0, 0.1) is 0 Å². The van der Waals surface area contributed by atoms with Crippen LogP contribution in [0.25, 0.3) is 0 Å². The van der Waals surface area contributed by atoms with Crippen LogP contribution in [0.15, 0.2) is 18.3 Å². The van der Waals surface area contributed by atoms with Gasteiger partial charge in [0.15, 0.2) is 0 Å². The molecule has 3 rings (SSSR count). The zero-order valence-electron chi connectivity index (χ0n) is 8.23. The van der Waals surface area contributed by atoms with E-state index >= 15 is 0 Å². The number of nitrogens with one attached hydrogen (secondary N) is 1. The van der Waals surface area contributed by atoms with Gasteiger partial charge in [0.25, 0.3) is 0 Å². The Morgan fingerprint density at radius 1 is 1.33 bits per heavy atom. The van der Waals surface area contributed by atoms with E-state index in [0.717, 1.165) is 18.4 Å². The van der Waals surface area contributed by atoms with Gasteiger partial charge in [-0.15, -0.1) is 0 Å². The van der Waals surface area contributed by atoms with Crippen molar-refractivity contribution in [1.29, 1.82) is 0 Å². The smallest absolute Gasteiger partial charge is 0.129 e. The molecule has 0 spiro atoms. The standard InChI is InChI=1S/C11H13ClN2O/c12-9-4-1-6(5-13-9)10-7-2-3-8(14-7)11(10)15/h1,4-5,7-8,10-11,14-15H,2-3H2/t7-,8+,10+,11+/m1/s1. The number of hydrogen-bond donors (Lipinski definition) is 2. The maximum Gasteiger partial charge on any atom is 0.129 e. The van der Waals surface area contributed by atoms with Crippen LogP contribution in [0.5, 0.6) is 0 Å². The van der Waals surface area contributed by atoms with E-state index in [1.165, 1.54) is 0 Å². The predicted molar refractivity (Wildman–Crippen MR) is 57.9 cm³/mol. The van der Waals surface area contributed by atoms with Crippen LogP contribution < -0.4 is 5.32 Å². The maximum atomic E-state index is 10.1. The van der Waals surface area contributed by atoms with Gasteiger partial charge in [0.05, 0.1) is 6.10 Å². The quantitative estimate of drug-likeness (QED) is 0.708. The largest absolute Gasteiger partial charge is 0.391 e. The lowest BCUT2D eigenvalue weighted by Crippen LogP contribution is -2.30. The SMILES string of the molecule is O[C@@H]1[C@@H](c2ccc(Cl)nc2)[C@H]2CC[C@@H]1N2. The Morgan fingerprint density at radius 3 is 2.73 bits per heavy atom.